The summed E-state index contributed by atoms with van der Waals surface area (Å²) in [5, 5.41) is 16.1. The van der Waals surface area contributed by atoms with Crippen molar-refractivity contribution in [3.8, 4) is 0 Å². The average Bonchev–Trinajstić information content (AvgIpc) is 3.26. The van der Waals surface area contributed by atoms with E-state index in [0.717, 1.165) is 21.7 Å². The van der Waals surface area contributed by atoms with Gasteiger partial charge in [-0.15, -0.1) is 21.5 Å². The van der Waals surface area contributed by atoms with Crippen LogP contribution < -0.4 is 10.6 Å². The average molecular weight is 469 g/mol. The summed E-state index contributed by atoms with van der Waals surface area (Å²) < 4.78 is 1.97. The first kappa shape index (κ1) is 22.2. The van der Waals surface area contributed by atoms with Crippen LogP contribution in [0.2, 0.25) is 0 Å². The standard InChI is InChI=1S/C22H24N6O2S2/c1-11(2)19-25-21-18(12(3)13(4)32-21)20-26-27-22(28(19)20)31-10-17(30)24-16-8-6-7-15(9-16)23-14(5)29/h6-9,11H,10H2,1-5H3,(H,23,29)(H,24,30). The third-order valence-corrected chi connectivity index (χ3v) is 7.01. The van der Waals surface area contributed by atoms with Crippen LogP contribution in [0.4, 0.5) is 11.4 Å². The van der Waals surface area contributed by atoms with Gasteiger partial charge in [0.2, 0.25) is 11.8 Å². The number of rotatable bonds is 6. The molecule has 2 amide bonds. The minimum atomic E-state index is -0.172. The van der Waals surface area contributed by atoms with E-state index in [4.69, 9.17) is 4.98 Å². The molecule has 0 aliphatic rings. The predicted octanol–water partition coefficient (Wildman–Crippen LogP) is 4.77. The molecule has 0 fully saturated rings. The van der Waals surface area contributed by atoms with Gasteiger partial charge in [0, 0.05) is 29.1 Å². The third-order valence-electron chi connectivity index (χ3n) is 4.98. The molecule has 0 aliphatic carbocycles. The highest BCUT2D eigenvalue weighted by Gasteiger charge is 2.21. The number of carbonyl (C=O) groups excluding carboxylic acids is 2. The maximum Gasteiger partial charge on any atom is 0.234 e. The molecule has 0 saturated carbocycles. The minimum absolute atomic E-state index is 0.164. The molecule has 4 aromatic rings. The number of fused-ring (bicyclic) bond motifs is 3. The van der Waals surface area contributed by atoms with Crippen molar-refractivity contribution in [3.63, 3.8) is 0 Å². The summed E-state index contributed by atoms with van der Waals surface area (Å²) in [4.78, 5) is 30.9. The van der Waals surface area contributed by atoms with Gasteiger partial charge >= 0.3 is 0 Å². The summed E-state index contributed by atoms with van der Waals surface area (Å²) in [6.45, 7) is 9.78. The number of aromatic nitrogens is 4. The molecule has 0 aliphatic heterocycles. The summed E-state index contributed by atoms with van der Waals surface area (Å²) in [6, 6.07) is 7.04. The Balaban J connectivity index is 1.58. The largest absolute Gasteiger partial charge is 0.326 e. The van der Waals surface area contributed by atoms with Crippen LogP contribution >= 0.6 is 23.1 Å². The number of amides is 2. The van der Waals surface area contributed by atoms with Crippen LogP contribution in [0.5, 0.6) is 0 Å². The van der Waals surface area contributed by atoms with Gasteiger partial charge in [0.25, 0.3) is 0 Å². The highest BCUT2D eigenvalue weighted by molar-refractivity contribution is 7.99. The molecule has 4 rings (SSSR count). The fourth-order valence-corrected chi connectivity index (χ4v) is 5.20. The number of aryl methyl sites for hydroxylation is 2. The quantitative estimate of drug-likeness (QED) is 0.395. The van der Waals surface area contributed by atoms with Crippen molar-refractivity contribution in [2.75, 3.05) is 16.4 Å². The first-order valence-electron chi connectivity index (χ1n) is 10.2. The molecule has 0 spiro atoms. The second-order valence-corrected chi connectivity index (χ2v) is 9.97. The SMILES string of the molecule is CC(=O)Nc1cccc(NC(=O)CSc2nnc3c4c(C)c(C)sc4nc(C(C)C)n23)c1. The molecule has 0 atom stereocenters. The van der Waals surface area contributed by atoms with Crippen LogP contribution in [0.25, 0.3) is 15.9 Å². The number of thioether (sulfide) groups is 1. The van der Waals surface area contributed by atoms with Crippen molar-refractivity contribution >= 4 is 62.2 Å². The summed E-state index contributed by atoms with van der Waals surface area (Å²) in [5.41, 5.74) is 3.19. The monoisotopic (exact) mass is 468 g/mol. The van der Waals surface area contributed by atoms with Crippen LogP contribution in [0.3, 0.4) is 0 Å². The van der Waals surface area contributed by atoms with E-state index in [1.807, 2.05) is 4.40 Å². The Labute approximate surface area is 193 Å². The van der Waals surface area contributed by atoms with Crippen LogP contribution in [0.15, 0.2) is 29.4 Å². The molecule has 0 unspecified atom stereocenters. The van der Waals surface area contributed by atoms with E-state index in [1.165, 1.54) is 29.1 Å². The molecule has 0 saturated heterocycles. The van der Waals surface area contributed by atoms with Gasteiger partial charge in [-0.25, -0.2) is 4.98 Å². The third kappa shape index (κ3) is 4.33. The fourth-order valence-electron chi connectivity index (χ4n) is 3.43. The summed E-state index contributed by atoms with van der Waals surface area (Å²) in [5.74, 6) is 0.884. The number of nitrogens with zero attached hydrogens (tertiary/aromatic N) is 4. The molecule has 166 valence electrons. The van der Waals surface area contributed by atoms with Crippen LogP contribution in [0, 0.1) is 13.8 Å². The Morgan fingerprint density at radius 1 is 1.16 bits per heavy atom. The van der Waals surface area contributed by atoms with E-state index in [2.05, 4.69) is 48.5 Å². The minimum Gasteiger partial charge on any atom is -0.326 e. The van der Waals surface area contributed by atoms with E-state index in [-0.39, 0.29) is 23.5 Å². The van der Waals surface area contributed by atoms with Crippen molar-refractivity contribution in [2.24, 2.45) is 0 Å². The van der Waals surface area contributed by atoms with E-state index in [9.17, 15) is 9.59 Å². The lowest BCUT2D eigenvalue weighted by atomic mass is 10.2. The number of hydrogen-bond acceptors (Lipinski definition) is 7. The molecule has 0 radical (unpaired) electrons. The number of thiophene rings is 1. The molecule has 3 heterocycles. The van der Waals surface area contributed by atoms with Gasteiger partial charge in [-0.2, -0.15) is 0 Å². The summed E-state index contributed by atoms with van der Waals surface area (Å²) in [7, 11) is 0. The first-order valence-corrected chi connectivity index (χ1v) is 12.0. The molecule has 0 bridgehead atoms. The topological polar surface area (TPSA) is 101 Å². The molecular formula is C22H24N6O2S2. The van der Waals surface area contributed by atoms with Crippen LogP contribution in [-0.4, -0.2) is 37.1 Å². The van der Waals surface area contributed by atoms with Crippen molar-refractivity contribution in [1.82, 2.24) is 19.6 Å². The molecule has 1 aromatic carbocycles. The van der Waals surface area contributed by atoms with E-state index in [0.29, 0.717) is 16.5 Å². The maximum atomic E-state index is 12.6. The second-order valence-electron chi connectivity index (χ2n) is 7.83. The van der Waals surface area contributed by atoms with Gasteiger partial charge in [0.1, 0.15) is 10.7 Å². The van der Waals surface area contributed by atoms with Crippen molar-refractivity contribution < 1.29 is 9.59 Å². The highest BCUT2D eigenvalue weighted by Crippen LogP contribution is 2.34. The molecule has 10 heteroatoms. The number of nitrogens with one attached hydrogen (secondary N) is 2. The lowest BCUT2D eigenvalue weighted by Gasteiger charge is -2.11. The molecule has 8 nitrogen and oxygen atoms in total. The fraction of sp³-hybridized carbons (Fsp3) is 0.318. The van der Waals surface area contributed by atoms with Crippen molar-refractivity contribution in [3.05, 3.63) is 40.5 Å². The Bertz CT molecular complexity index is 1340. The molecular weight excluding hydrogens is 444 g/mol. The zero-order valence-corrected chi connectivity index (χ0v) is 20.1. The van der Waals surface area contributed by atoms with Crippen molar-refractivity contribution in [1.29, 1.82) is 0 Å². The Kier molecular flexibility index (Phi) is 6.16. The van der Waals surface area contributed by atoms with Crippen LogP contribution in [-0.2, 0) is 9.59 Å². The summed E-state index contributed by atoms with van der Waals surface area (Å²) >= 11 is 2.99. The zero-order valence-electron chi connectivity index (χ0n) is 18.5. The Hall–Kier alpha value is -2.98. The number of hydrogen-bond donors (Lipinski definition) is 2. The normalized spacial score (nSPS) is 11.4. The molecule has 3 aromatic heterocycles. The highest BCUT2D eigenvalue weighted by atomic mass is 32.2. The van der Waals surface area contributed by atoms with E-state index < -0.39 is 0 Å². The first-order chi connectivity index (χ1) is 15.2. The van der Waals surface area contributed by atoms with E-state index in [1.54, 1.807) is 35.6 Å². The summed E-state index contributed by atoms with van der Waals surface area (Å²) in [6.07, 6.45) is 0. The van der Waals surface area contributed by atoms with Gasteiger partial charge in [0.05, 0.1) is 11.1 Å². The predicted molar refractivity (Wildman–Crippen MR) is 130 cm³/mol. The van der Waals surface area contributed by atoms with Gasteiger partial charge in [0.15, 0.2) is 10.8 Å². The van der Waals surface area contributed by atoms with Gasteiger partial charge in [-0.3, -0.25) is 14.0 Å². The lowest BCUT2D eigenvalue weighted by Crippen LogP contribution is -2.15. The van der Waals surface area contributed by atoms with E-state index >= 15 is 0 Å². The lowest BCUT2D eigenvalue weighted by molar-refractivity contribution is -0.114. The molecule has 2 N–H and O–H groups in total. The van der Waals surface area contributed by atoms with Gasteiger partial charge in [-0.1, -0.05) is 31.7 Å². The smallest absolute Gasteiger partial charge is 0.234 e. The van der Waals surface area contributed by atoms with Gasteiger partial charge < -0.3 is 10.6 Å². The Morgan fingerprint density at radius 3 is 2.56 bits per heavy atom. The number of benzene rings is 1. The second kappa shape index (κ2) is 8.87. The number of carbonyl (C=O) groups is 2. The molecule has 32 heavy (non-hydrogen) atoms. The van der Waals surface area contributed by atoms with Crippen molar-refractivity contribution in [2.45, 2.75) is 45.7 Å². The van der Waals surface area contributed by atoms with Gasteiger partial charge in [-0.05, 0) is 37.6 Å². The Morgan fingerprint density at radius 2 is 1.88 bits per heavy atom. The van der Waals surface area contributed by atoms with Crippen LogP contribution in [0.1, 0.15) is 43.0 Å². The number of anilines is 2. The zero-order chi connectivity index (χ0) is 23.0. The maximum absolute atomic E-state index is 12.6.